The average Bonchev–Trinajstić information content (AvgIpc) is 3.28. The van der Waals surface area contributed by atoms with Gasteiger partial charge in [0.2, 0.25) is 0 Å². The fourth-order valence-corrected chi connectivity index (χ4v) is 6.71. The van der Waals surface area contributed by atoms with Crippen LogP contribution in [0.4, 0.5) is 26.0 Å². The van der Waals surface area contributed by atoms with Crippen LogP contribution in [0, 0.1) is 5.41 Å². The van der Waals surface area contributed by atoms with Crippen molar-refractivity contribution in [1.82, 2.24) is 20.0 Å². The number of aliphatic hydroxyl groups is 1. The highest BCUT2D eigenvalue weighted by Crippen LogP contribution is 2.54. The Hall–Kier alpha value is -2.64. The lowest BCUT2D eigenvalue weighted by atomic mass is 9.93. The Kier molecular flexibility index (Phi) is 6.85. The number of nitrogens with zero attached hydrogens (tertiary/aromatic N) is 6. The van der Waals surface area contributed by atoms with Crippen molar-refractivity contribution in [3.63, 3.8) is 0 Å². The number of aromatic nitrogens is 4. The molecule has 3 fully saturated rings. The molecule has 1 unspecified atom stereocenters. The zero-order chi connectivity index (χ0) is 26.3. The molecular weight excluding hydrogens is 532 g/mol. The third-order valence-electron chi connectivity index (χ3n) is 7.88. The van der Waals surface area contributed by atoms with Gasteiger partial charge >= 0.3 is 0 Å². The van der Waals surface area contributed by atoms with Crippen LogP contribution in [0.2, 0.25) is 0 Å². The maximum absolute atomic E-state index is 13.6. The molecule has 0 amide bonds. The summed E-state index contributed by atoms with van der Waals surface area (Å²) in [6.45, 7) is 2.31. The van der Waals surface area contributed by atoms with Gasteiger partial charge in [-0.15, -0.1) is 16.4 Å². The summed E-state index contributed by atoms with van der Waals surface area (Å²) in [4.78, 5) is 8.92. The molecule has 0 radical (unpaired) electrons. The van der Waals surface area contributed by atoms with Crippen LogP contribution in [-0.4, -0.2) is 73.8 Å². The zero-order valence-corrected chi connectivity index (χ0v) is 22.6. The minimum absolute atomic E-state index is 0.150. The van der Waals surface area contributed by atoms with Crippen molar-refractivity contribution >= 4 is 39.5 Å². The van der Waals surface area contributed by atoms with Gasteiger partial charge in [0.15, 0.2) is 0 Å². The third-order valence-corrected chi connectivity index (χ3v) is 9.75. The van der Waals surface area contributed by atoms with E-state index in [0.717, 1.165) is 43.0 Å². The lowest BCUT2D eigenvalue weighted by Crippen LogP contribution is -2.39. The molecule has 2 saturated heterocycles. The van der Waals surface area contributed by atoms with Crippen LogP contribution in [-0.2, 0) is 11.0 Å². The summed E-state index contributed by atoms with van der Waals surface area (Å²) < 4.78 is 44.0. The summed E-state index contributed by atoms with van der Waals surface area (Å²) >= 11 is 1.43. The minimum Gasteiger partial charge on any atom is -0.395 e. The Morgan fingerprint density at radius 3 is 2.47 bits per heavy atom. The molecule has 1 aliphatic carbocycles. The van der Waals surface area contributed by atoms with Crippen molar-refractivity contribution in [1.29, 1.82) is 0 Å². The maximum atomic E-state index is 13.6. The first-order chi connectivity index (χ1) is 18.3. The summed E-state index contributed by atoms with van der Waals surface area (Å²) in [6, 6.07) is 5.79. The van der Waals surface area contributed by atoms with E-state index in [1.807, 2.05) is 34.7 Å². The Morgan fingerprint density at radius 2 is 1.76 bits per heavy atom. The second kappa shape index (κ2) is 10.2. The van der Waals surface area contributed by atoms with Crippen LogP contribution in [0.3, 0.4) is 0 Å². The van der Waals surface area contributed by atoms with E-state index in [9.17, 15) is 13.0 Å². The maximum Gasteiger partial charge on any atom is 0.251 e. The van der Waals surface area contributed by atoms with Crippen molar-refractivity contribution in [2.45, 2.75) is 44.4 Å². The lowest BCUT2D eigenvalue weighted by Gasteiger charge is -2.35. The molecule has 0 bridgehead atoms. The lowest BCUT2D eigenvalue weighted by molar-refractivity contribution is -0.0221. The topological polar surface area (TPSA) is 99.4 Å². The number of benzene rings is 1. The normalized spacial score (nSPS) is 21.0. The van der Waals surface area contributed by atoms with Gasteiger partial charge in [0, 0.05) is 50.1 Å². The van der Waals surface area contributed by atoms with E-state index >= 15 is 0 Å². The number of anilines is 3. The van der Waals surface area contributed by atoms with Crippen molar-refractivity contribution < 1.29 is 18.1 Å². The van der Waals surface area contributed by atoms with Gasteiger partial charge in [-0.3, -0.25) is 0 Å². The van der Waals surface area contributed by atoms with Crippen LogP contribution < -0.4 is 14.5 Å². The number of rotatable bonds is 8. The predicted molar refractivity (Wildman–Crippen MR) is 146 cm³/mol. The summed E-state index contributed by atoms with van der Waals surface area (Å²) in [5.74, 6) is -1.74. The van der Waals surface area contributed by atoms with Gasteiger partial charge in [-0.25, -0.2) is 22.7 Å². The van der Waals surface area contributed by atoms with Crippen LogP contribution in [0.15, 0.2) is 29.8 Å². The van der Waals surface area contributed by atoms with Gasteiger partial charge in [0.1, 0.15) is 27.5 Å². The van der Waals surface area contributed by atoms with E-state index < -0.39 is 16.9 Å². The number of piperidine rings is 2. The van der Waals surface area contributed by atoms with Crippen LogP contribution >= 0.6 is 11.3 Å². The SMILES string of the molecule is O=S(CCO)Nc1ccc(-n2cc(-c3nc(N4CCC(F)(F)CC4)cs3)nn2)c(N2CCC3(CC2)CC3)c1. The number of aliphatic hydroxyl groups excluding tert-OH is 1. The Balaban J connectivity index is 1.24. The fourth-order valence-electron chi connectivity index (χ4n) is 5.27. The quantitative estimate of drug-likeness (QED) is 0.426. The first kappa shape index (κ1) is 25.6. The molecule has 1 aromatic carbocycles. The second-order valence-corrected chi connectivity index (χ2v) is 12.6. The van der Waals surface area contributed by atoms with E-state index in [-0.39, 0.29) is 38.3 Å². The molecule has 1 atom stereocenters. The Bertz CT molecular complexity index is 1310. The van der Waals surface area contributed by atoms with Crippen LogP contribution in [0.25, 0.3) is 16.4 Å². The van der Waals surface area contributed by atoms with Gasteiger partial charge in [-0.05, 0) is 49.3 Å². The van der Waals surface area contributed by atoms with Crippen LogP contribution in [0.5, 0.6) is 0 Å². The molecule has 3 aromatic rings. The highest BCUT2D eigenvalue weighted by Gasteiger charge is 2.44. The Morgan fingerprint density at radius 1 is 1.03 bits per heavy atom. The van der Waals surface area contributed by atoms with Gasteiger partial charge < -0.3 is 19.6 Å². The molecule has 1 saturated carbocycles. The number of nitrogens with one attached hydrogen (secondary N) is 1. The molecule has 13 heteroatoms. The van der Waals surface area contributed by atoms with Gasteiger partial charge in [-0.2, -0.15) is 0 Å². The monoisotopic (exact) mass is 563 g/mol. The highest BCUT2D eigenvalue weighted by atomic mass is 32.2. The van der Waals surface area contributed by atoms with Crippen molar-refractivity contribution in [3.8, 4) is 16.4 Å². The second-order valence-electron chi connectivity index (χ2n) is 10.5. The molecule has 4 heterocycles. The van der Waals surface area contributed by atoms with Gasteiger partial charge in [0.05, 0.1) is 29.9 Å². The number of thiazole rings is 1. The van der Waals surface area contributed by atoms with Crippen molar-refractivity contribution in [2.24, 2.45) is 5.41 Å². The highest BCUT2D eigenvalue weighted by molar-refractivity contribution is 7.86. The molecule has 6 rings (SSSR count). The summed E-state index contributed by atoms with van der Waals surface area (Å²) in [5.41, 5.74) is 3.72. The molecule has 38 heavy (non-hydrogen) atoms. The van der Waals surface area contributed by atoms with E-state index in [0.29, 0.717) is 21.9 Å². The minimum atomic E-state index is -2.59. The Labute approximate surface area is 226 Å². The largest absolute Gasteiger partial charge is 0.395 e. The van der Waals surface area contributed by atoms with E-state index in [2.05, 4.69) is 24.9 Å². The third kappa shape index (κ3) is 5.41. The van der Waals surface area contributed by atoms with E-state index in [1.54, 1.807) is 4.68 Å². The van der Waals surface area contributed by atoms with Gasteiger partial charge in [0.25, 0.3) is 5.92 Å². The van der Waals surface area contributed by atoms with Crippen LogP contribution in [0.1, 0.15) is 38.5 Å². The number of hydrogen-bond donors (Lipinski definition) is 2. The first-order valence-corrected chi connectivity index (χ1v) is 15.2. The molecule has 3 aliphatic rings. The fraction of sp³-hybridized carbons (Fsp3) is 0.560. The zero-order valence-electron chi connectivity index (χ0n) is 21.0. The molecule has 2 N–H and O–H groups in total. The number of halogens is 2. The number of alkyl halides is 2. The van der Waals surface area contributed by atoms with Crippen molar-refractivity contribution in [2.75, 3.05) is 53.1 Å². The summed E-state index contributed by atoms with van der Waals surface area (Å²) in [6.07, 6.45) is 6.48. The first-order valence-electron chi connectivity index (χ1n) is 13.0. The summed E-state index contributed by atoms with van der Waals surface area (Å²) in [5, 5.41) is 20.5. The standard InChI is InChI=1S/C25H31F2N7O2S2/c26-25(27)7-11-33(12-8-25)22-17-37-23(28-22)19-16-34(31-29-19)20-2-1-18(30-38(36)14-13-35)15-21(20)32-9-5-24(3-4-24)6-10-32/h1-2,15-17,30,35H,3-14H2. The smallest absolute Gasteiger partial charge is 0.251 e. The predicted octanol–water partition coefficient (Wildman–Crippen LogP) is 4.07. The van der Waals surface area contributed by atoms with E-state index in [4.69, 9.17) is 5.11 Å². The molecule has 1 spiro atoms. The molecule has 2 aliphatic heterocycles. The molecular formula is C25H31F2N7O2S2. The average molecular weight is 564 g/mol. The van der Waals surface area contributed by atoms with Crippen molar-refractivity contribution in [3.05, 3.63) is 29.8 Å². The molecule has 2 aromatic heterocycles. The van der Waals surface area contributed by atoms with E-state index in [1.165, 1.54) is 24.2 Å². The summed E-state index contributed by atoms with van der Waals surface area (Å²) in [7, 11) is -1.37. The molecule has 204 valence electrons. The number of hydrogen-bond acceptors (Lipinski definition) is 8. The molecule has 9 nitrogen and oxygen atoms in total. The van der Waals surface area contributed by atoms with Gasteiger partial charge in [-0.1, -0.05) is 5.21 Å².